The average molecular weight is 279 g/mol. The Balaban J connectivity index is 2.21. The van der Waals surface area contributed by atoms with E-state index in [1.165, 1.54) is 6.07 Å². The SMILES string of the molecule is CC(C)(C)OC(=O)N1CCNCC1c1cc[nH]c(=O)c1. The van der Waals surface area contributed by atoms with Crippen molar-refractivity contribution in [1.29, 1.82) is 0 Å². The summed E-state index contributed by atoms with van der Waals surface area (Å²) in [4.78, 5) is 28.0. The van der Waals surface area contributed by atoms with Crippen molar-refractivity contribution in [2.45, 2.75) is 32.4 Å². The molecule has 0 saturated carbocycles. The predicted molar refractivity (Wildman–Crippen MR) is 75.6 cm³/mol. The number of aromatic nitrogens is 1. The molecular formula is C14H21N3O3. The van der Waals surface area contributed by atoms with Gasteiger partial charge in [-0.05, 0) is 32.4 Å². The minimum atomic E-state index is -0.527. The number of pyridine rings is 1. The van der Waals surface area contributed by atoms with Crippen LogP contribution in [0.2, 0.25) is 0 Å². The van der Waals surface area contributed by atoms with Gasteiger partial charge in [-0.25, -0.2) is 4.79 Å². The Bertz CT molecular complexity index is 533. The molecule has 1 aromatic heterocycles. The van der Waals surface area contributed by atoms with E-state index in [-0.39, 0.29) is 17.7 Å². The van der Waals surface area contributed by atoms with E-state index < -0.39 is 5.60 Å². The maximum atomic E-state index is 12.3. The molecule has 0 radical (unpaired) electrons. The molecule has 1 saturated heterocycles. The highest BCUT2D eigenvalue weighted by molar-refractivity contribution is 5.69. The lowest BCUT2D eigenvalue weighted by atomic mass is 10.1. The molecule has 1 aromatic rings. The summed E-state index contributed by atoms with van der Waals surface area (Å²) < 4.78 is 5.43. The fourth-order valence-corrected chi connectivity index (χ4v) is 2.21. The third-order valence-corrected chi connectivity index (χ3v) is 3.06. The molecule has 0 spiro atoms. The second-order valence-corrected chi connectivity index (χ2v) is 5.88. The van der Waals surface area contributed by atoms with E-state index in [2.05, 4.69) is 10.3 Å². The second kappa shape index (κ2) is 5.66. The van der Waals surface area contributed by atoms with Crippen molar-refractivity contribution in [2.75, 3.05) is 19.6 Å². The monoisotopic (exact) mass is 279 g/mol. The molecule has 2 heterocycles. The molecule has 2 N–H and O–H groups in total. The minimum Gasteiger partial charge on any atom is -0.444 e. The Morgan fingerprint density at radius 1 is 1.45 bits per heavy atom. The maximum Gasteiger partial charge on any atom is 0.410 e. The predicted octanol–water partition coefficient (Wildman–Crippen LogP) is 1.26. The normalized spacial score (nSPS) is 19.8. The largest absolute Gasteiger partial charge is 0.444 e. The van der Waals surface area contributed by atoms with Crippen molar-refractivity contribution in [1.82, 2.24) is 15.2 Å². The molecule has 1 aliphatic rings. The van der Waals surface area contributed by atoms with Crippen LogP contribution in [0.15, 0.2) is 23.1 Å². The second-order valence-electron chi connectivity index (χ2n) is 5.88. The molecule has 0 aliphatic carbocycles. The molecule has 1 fully saturated rings. The Labute approximate surface area is 118 Å². The Morgan fingerprint density at radius 3 is 2.85 bits per heavy atom. The van der Waals surface area contributed by atoms with Gasteiger partial charge in [0, 0.05) is 31.9 Å². The Hall–Kier alpha value is -1.82. The van der Waals surface area contributed by atoms with Gasteiger partial charge >= 0.3 is 6.09 Å². The van der Waals surface area contributed by atoms with Gasteiger partial charge in [0.15, 0.2) is 0 Å². The number of H-pyrrole nitrogens is 1. The highest BCUT2D eigenvalue weighted by atomic mass is 16.6. The van der Waals surface area contributed by atoms with Gasteiger partial charge in [-0.15, -0.1) is 0 Å². The van der Waals surface area contributed by atoms with Gasteiger partial charge in [0.2, 0.25) is 5.56 Å². The summed E-state index contributed by atoms with van der Waals surface area (Å²) in [5.74, 6) is 0. The molecule has 1 unspecified atom stereocenters. The zero-order valence-electron chi connectivity index (χ0n) is 12.1. The molecule has 1 amide bonds. The lowest BCUT2D eigenvalue weighted by molar-refractivity contribution is 0.0118. The first-order chi connectivity index (χ1) is 9.37. The molecule has 20 heavy (non-hydrogen) atoms. The standard InChI is InChI=1S/C14H21N3O3/c1-14(2,3)20-13(19)17-7-6-15-9-11(17)10-4-5-16-12(18)8-10/h4-5,8,11,15H,6-7,9H2,1-3H3,(H,16,18). The highest BCUT2D eigenvalue weighted by Gasteiger charge is 2.31. The van der Waals surface area contributed by atoms with Crippen molar-refractivity contribution < 1.29 is 9.53 Å². The molecule has 0 bridgehead atoms. The lowest BCUT2D eigenvalue weighted by Crippen LogP contribution is -2.50. The first kappa shape index (κ1) is 14.6. The van der Waals surface area contributed by atoms with Crippen molar-refractivity contribution in [3.63, 3.8) is 0 Å². The van der Waals surface area contributed by atoms with Crippen LogP contribution in [0.3, 0.4) is 0 Å². The van der Waals surface area contributed by atoms with E-state index in [1.54, 1.807) is 11.1 Å². The third kappa shape index (κ3) is 3.60. The molecule has 6 heteroatoms. The van der Waals surface area contributed by atoms with Gasteiger partial charge < -0.3 is 15.0 Å². The van der Waals surface area contributed by atoms with Gasteiger partial charge in [-0.2, -0.15) is 0 Å². The molecule has 2 rings (SSSR count). The molecule has 1 atom stereocenters. The molecule has 6 nitrogen and oxygen atoms in total. The van der Waals surface area contributed by atoms with Crippen LogP contribution in [-0.4, -0.2) is 41.2 Å². The average Bonchev–Trinajstić information content (AvgIpc) is 2.37. The fraction of sp³-hybridized carbons (Fsp3) is 0.571. The number of hydrogen-bond acceptors (Lipinski definition) is 4. The van der Waals surface area contributed by atoms with E-state index in [4.69, 9.17) is 4.74 Å². The number of ether oxygens (including phenoxy) is 1. The van der Waals surface area contributed by atoms with Crippen LogP contribution in [0, 0.1) is 0 Å². The van der Waals surface area contributed by atoms with E-state index in [0.717, 1.165) is 12.1 Å². The topological polar surface area (TPSA) is 74.4 Å². The molecule has 110 valence electrons. The quantitative estimate of drug-likeness (QED) is 0.811. The summed E-state index contributed by atoms with van der Waals surface area (Å²) in [6.45, 7) is 7.42. The summed E-state index contributed by atoms with van der Waals surface area (Å²) in [6, 6.07) is 3.16. The number of piperazine rings is 1. The summed E-state index contributed by atoms with van der Waals surface area (Å²) in [5, 5.41) is 3.24. The van der Waals surface area contributed by atoms with Crippen molar-refractivity contribution in [2.24, 2.45) is 0 Å². The summed E-state index contributed by atoms with van der Waals surface area (Å²) >= 11 is 0. The Morgan fingerprint density at radius 2 is 2.20 bits per heavy atom. The smallest absolute Gasteiger partial charge is 0.410 e. The van der Waals surface area contributed by atoms with Crippen molar-refractivity contribution in [3.8, 4) is 0 Å². The van der Waals surface area contributed by atoms with E-state index in [1.807, 2.05) is 26.8 Å². The van der Waals surface area contributed by atoms with Crippen LogP contribution in [0.4, 0.5) is 4.79 Å². The number of nitrogens with one attached hydrogen (secondary N) is 2. The first-order valence-corrected chi connectivity index (χ1v) is 6.76. The van der Waals surface area contributed by atoms with Gasteiger partial charge in [0.05, 0.1) is 6.04 Å². The van der Waals surface area contributed by atoms with Gasteiger partial charge in [0.25, 0.3) is 0 Å². The lowest BCUT2D eigenvalue weighted by Gasteiger charge is -2.37. The van der Waals surface area contributed by atoms with E-state index >= 15 is 0 Å². The van der Waals surface area contributed by atoms with Crippen LogP contribution < -0.4 is 10.9 Å². The fourth-order valence-electron chi connectivity index (χ4n) is 2.21. The van der Waals surface area contributed by atoms with Crippen LogP contribution in [-0.2, 0) is 4.74 Å². The number of aromatic amines is 1. The summed E-state index contributed by atoms with van der Waals surface area (Å²) in [6.07, 6.45) is 1.25. The zero-order valence-corrected chi connectivity index (χ0v) is 12.1. The van der Waals surface area contributed by atoms with Gasteiger partial charge in [-0.1, -0.05) is 0 Å². The Kier molecular flexibility index (Phi) is 4.13. The van der Waals surface area contributed by atoms with Crippen molar-refractivity contribution >= 4 is 6.09 Å². The number of carbonyl (C=O) groups excluding carboxylic acids is 1. The number of carbonyl (C=O) groups is 1. The molecule has 0 aromatic carbocycles. The van der Waals surface area contributed by atoms with Crippen LogP contribution in [0.5, 0.6) is 0 Å². The van der Waals surface area contributed by atoms with Crippen LogP contribution in [0.25, 0.3) is 0 Å². The number of nitrogens with zero attached hydrogens (tertiary/aromatic N) is 1. The third-order valence-electron chi connectivity index (χ3n) is 3.06. The van der Waals surface area contributed by atoms with Crippen LogP contribution in [0.1, 0.15) is 32.4 Å². The molecule has 1 aliphatic heterocycles. The highest BCUT2D eigenvalue weighted by Crippen LogP contribution is 2.23. The number of rotatable bonds is 1. The summed E-state index contributed by atoms with van der Waals surface area (Å²) in [5.41, 5.74) is 0.115. The molecular weight excluding hydrogens is 258 g/mol. The maximum absolute atomic E-state index is 12.3. The van der Waals surface area contributed by atoms with E-state index in [9.17, 15) is 9.59 Å². The number of hydrogen-bond donors (Lipinski definition) is 2. The van der Waals surface area contributed by atoms with Gasteiger partial charge in [-0.3, -0.25) is 9.69 Å². The summed E-state index contributed by atoms with van der Waals surface area (Å²) in [7, 11) is 0. The first-order valence-electron chi connectivity index (χ1n) is 6.76. The number of amides is 1. The minimum absolute atomic E-state index is 0.169. The van der Waals surface area contributed by atoms with E-state index in [0.29, 0.717) is 13.1 Å². The van der Waals surface area contributed by atoms with Gasteiger partial charge in [0.1, 0.15) is 5.60 Å². The van der Waals surface area contributed by atoms with Crippen LogP contribution >= 0.6 is 0 Å². The zero-order chi connectivity index (χ0) is 14.8. The van der Waals surface area contributed by atoms with Crippen molar-refractivity contribution in [3.05, 3.63) is 34.2 Å².